The van der Waals surface area contributed by atoms with Crippen molar-refractivity contribution in [3.8, 4) is 5.88 Å². The van der Waals surface area contributed by atoms with Crippen molar-refractivity contribution >= 4 is 17.7 Å². The second kappa shape index (κ2) is 6.26. The number of methoxy groups -OCH3 is 1. The molecule has 0 saturated carbocycles. The molecule has 1 amide bonds. The third-order valence-electron chi connectivity index (χ3n) is 5.22. The number of hydrogen-bond acceptors (Lipinski definition) is 6. The number of carbonyl (C=O) groups is 2. The van der Waals surface area contributed by atoms with E-state index in [-0.39, 0.29) is 11.8 Å². The van der Waals surface area contributed by atoms with Crippen LogP contribution in [-0.2, 0) is 9.59 Å². The number of amides is 1. The van der Waals surface area contributed by atoms with Crippen LogP contribution >= 0.6 is 0 Å². The number of aromatic nitrogens is 2. The lowest BCUT2D eigenvalue weighted by molar-refractivity contribution is -0.150. The molecule has 0 aliphatic carbocycles. The predicted molar refractivity (Wildman–Crippen MR) is 85.8 cm³/mol. The largest absolute Gasteiger partial charge is 0.481 e. The maximum Gasteiger partial charge on any atom is 0.311 e. The van der Waals surface area contributed by atoms with Gasteiger partial charge in [0.05, 0.1) is 12.5 Å². The van der Waals surface area contributed by atoms with Crippen molar-refractivity contribution in [1.29, 1.82) is 0 Å². The zero-order valence-electron chi connectivity index (χ0n) is 13.9. The smallest absolute Gasteiger partial charge is 0.311 e. The number of rotatable bonds is 3. The number of carboxylic acid groups (broad SMARTS) is 1. The van der Waals surface area contributed by atoms with Gasteiger partial charge in [-0.1, -0.05) is 0 Å². The molecule has 0 aromatic carbocycles. The van der Waals surface area contributed by atoms with E-state index in [1.807, 2.05) is 0 Å². The summed E-state index contributed by atoms with van der Waals surface area (Å²) in [5.74, 6) is 0.203. The molecule has 2 aliphatic heterocycles. The molecule has 8 heteroatoms. The fourth-order valence-electron chi connectivity index (χ4n) is 3.84. The Hall–Kier alpha value is -2.38. The summed E-state index contributed by atoms with van der Waals surface area (Å²) < 4.78 is 5.15. The van der Waals surface area contributed by atoms with Gasteiger partial charge in [0.1, 0.15) is 12.1 Å². The molecule has 8 nitrogen and oxygen atoms in total. The number of aliphatic carboxylic acids is 1. The normalized spacial score (nSPS) is 26.7. The minimum Gasteiger partial charge on any atom is -0.481 e. The zero-order chi connectivity index (χ0) is 17.3. The molecule has 0 spiro atoms. The molecule has 3 rings (SSSR count). The van der Waals surface area contributed by atoms with Crippen LogP contribution in [0.5, 0.6) is 5.88 Å². The maximum atomic E-state index is 12.0. The van der Waals surface area contributed by atoms with Gasteiger partial charge in [-0.25, -0.2) is 9.97 Å². The van der Waals surface area contributed by atoms with Gasteiger partial charge >= 0.3 is 5.97 Å². The van der Waals surface area contributed by atoms with E-state index in [0.717, 1.165) is 18.8 Å². The molecule has 1 aromatic rings. The van der Waals surface area contributed by atoms with Gasteiger partial charge in [-0.15, -0.1) is 0 Å². The number of fused-ring (bicyclic) bond motifs is 1. The first-order chi connectivity index (χ1) is 11.5. The highest BCUT2D eigenvalue weighted by Gasteiger charge is 2.54. The van der Waals surface area contributed by atoms with Crippen molar-refractivity contribution in [2.45, 2.75) is 19.8 Å². The van der Waals surface area contributed by atoms with Gasteiger partial charge in [-0.3, -0.25) is 9.59 Å². The Balaban J connectivity index is 1.88. The Morgan fingerprint density at radius 3 is 2.83 bits per heavy atom. The summed E-state index contributed by atoms with van der Waals surface area (Å²) in [5.41, 5.74) is -0.864. The first-order valence-electron chi connectivity index (χ1n) is 8.06. The minimum atomic E-state index is -0.864. The van der Waals surface area contributed by atoms with E-state index in [9.17, 15) is 14.7 Å². The number of carbonyl (C=O) groups excluding carboxylic acids is 1. The second-order valence-corrected chi connectivity index (χ2v) is 6.53. The van der Waals surface area contributed by atoms with Gasteiger partial charge in [0.15, 0.2) is 0 Å². The van der Waals surface area contributed by atoms with E-state index in [1.165, 1.54) is 13.3 Å². The topological polar surface area (TPSA) is 95.9 Å². The van der Waals surface area contributed by atoms with Crippen molar-refractivity contribution in [2.75, 3.05) is 38.2 Å². The van der Waals surface area contributed by atoms with Crippen LogP contribution in [0.1, 0.15) is 19.8 Å². The van der Waals surface area contributed by atoms with Crippen LogP contribution in [0.25, 0.3) is 0 Å². The highest BCUT2D eigenvalue weighted by Crippen LogP contribution is 2.43. The number of hydrogen-bond donors (Lipinski definition) is 1. The third kappa shape index (κ3) is 2.76. The van der Waals surface area contributed by atoms with Gasteiger partial charge in [0.25, 0.3) is 0 Å². The molecule has 3 heterocycles. The monoisotopic (exact) mass is 334 g/mol. The summed E-state index contributed by atoms with van der Waals surface area (Å²) in [4.78, 5) is 35.8. The van der Waals surface area contributed by atoms with E-state index < -0.39 is 11.4 Å². The molecule has 0 bridgehead atoms. The Bertz CT molecular complexity index is 653. The van der Waals surface area contributed by atoms with Gasteiger partial charge < -0.3 is 19.6 Å². The standard InChI is InChI=1S/C16H22N4O4/c1-11(21)20-8-12-7-19(13-6-14(24-2)18-10-17-13)5-3-4-16(12,9-20)15(22)23/h6,10,12H,3-5,7-9H2,1-2H3,(H,22,23)/t12-,16-/m1/s1. The van der Waals surface area contributed by atoms with Crippen LogP contribution in [0.3, 0.4) is 0 Å². The van der Waals surface area contributed by atoms with E-state index in [1.54, 1.807) is 18.1 Å². The fraction of sp³-hybridized carbons (Fsp3) is 0.625. The SMILES string of the molecule is COc1cc(N2CCC[C@@]3(C(=O)O)CN(C(C)=O)C[C@H]3C2)ncn1. The molecule has 24 heavy (non-hydrogen) atoms. The second-order valence-electron chi connectivity index (χ2n) is 6.53. The van der Waals surface area contributed by atoms with Gasteiger partial charge in [-0.2, -0.15) is 0 Å². The summed E-state index contributed by atoms with van der Waals surface area (Å²) in [6.07, 6.45) is 2.75. The molecule has 1 aromatic heterocycles. The van der Waals surface area contributed by atoms with E-state index in [0.29, 0.717) is 31.9 Å². The van der Waals surface area contributed by atoms with Crippen molar-refractivity contribution < 1.29 is 19.4 Å². The summed E-state index contributed by atoms with van der Waals surface area (Å²) >= 11 is 0. The van der Waals surface area contributed by atoms with Gasteiger partial charge in [0.2, 0.25) is 11.8 Å². The number of anilines is 1. The molecule has 130 valence electrons. The van der Waals surface area contributed by atoms with E-state index >= 15 is 0 Å². The Morgan fingerprint density at radius 2 is 2.17 bits per heavy atom. The number of likely N-dealkylation sites (tertiary alicyclic amines) is 1. The average molecular weight is 334 g/mol. The predicted octanol–water partition coefficient (Wildman–Crippen LogP) is 0.635. The third-order valence-corrected chi connectivity index (χ3v) is 5.22. The fourth-order valence-corrected chi connectivity index (χ4v) is 3.84. The Morgan fingerprint density at radius 1 is 1.38 bits per heavy atom. The van der Waals surface area contributed by atoms with Crippen molar-refractivity contribution in [2.24, 2.45) is 11.3 Å². The molecule has 2 atom stereocenters. The Labute approximate surface area is 140 Å². The summed E-state index contributed by atoms with van der Waals surface area (Å²) in [7, 11) is 1.55. The lowest BCUT2D eigenvalue weighted by Crippen LogP contribution is -2.41. The van der Waals surface area contributed by atoms with Gasteiger partial charge in [-0.05, 0) is 12.8 Å². The first-order valence-corrected chi connectivity index (χ1v) is 8.06. The lowest BCUT2D eigenvalue weighted by Gasteiger charge is -2.29. The summed E-state index contributed by atoms with van der Waals surface area (Å²) in [6, 6.07) is 1.76. The van der Waals surface area contributed by atoms with E-state index in [2.05, 4.69) is 14.9 Å². The van der Waals surface area contributed by atoms with Crippen LogP contribution in [0.4, 0.5) is 5.82 Å². The molecular weight excluding hydrogens is 312 g/mol. The highest BCUT2D eigenvalue weighted by atomic mass is 16.5. The van der Waals surface area contributed by atoms with Crippen molar-refractivity contribution in [1.82, 2.24) is 14.9 Å². The highest BCUT2D eigenvalue weighted by molar-refractivity contribution is 5.80. The van der Waals surface area contributed by atoms with Crippen LogP contribution in [-0.4, -0.2) is 65.1 Å². The molecule has 2 fully saturated rings. The summed E-state index contributed by atoms with van der Waals surface area (Å²) in [5, 5.41) is 9.86. The number of carboxylic acids is 1. The number of ether oxygens (including phenoxy) is 1. The van der Waals surface area contributed by atoms with E-state index in [4.69, 9.17) is 4.74 Å². The molecule has 1 N–H and O–H groups in total. The molecule has 0 radical (unpaired) electrons. The quantitative estimate of drug-likeness (QED) is 0.866. The zero-order valence-corrected chi connectivity index (χ0v) is 13.9. The first kappa shape index (κ1) is 16.5. The maximum absolute atomic E-state index is 12.0. The van der Waals surface area contributed by atoms with Crippen LogP contribution < -0.4 is 9.64 Å². The van der Waals surface area contributed by atoms with Crippen molar-refractivity contribution in [3.63, 3.8) is 0 Å². The van der Waals surface area contributed by atoms with Crippen LogP contribution in [0, 0.1) is 11.3 Å². The van der Waals surface area contributed by atoms with Crippen LogP contribution in [0.2, 0.25) is 0 Å². The van der Waals surface area contributed by atoms with Gasteiger partial charge in [0, 0.05) is 45.1 Å². The number of nitrogens with zero attached hydrogens (tertiary/aromatic N) is 4. The average Bonchev–Trinajstić information content (AvgIpc) is 2.84. The van der Waals surface area contributed by atoms with Crippen molar-refractivity contribution in [3.05, 3.63) is 12.4 Å². The van der Waals surface area contributed by atoms with Crippen LogP contribution in [0.15, 0.2) is 12.4 Å². The minimum absolute atomic E-state index is 0.0704. The molecule has 0 unspecified atom stereocenters. The molecular formula is C16H22N4O4. The molecule has 2 aliphatic rings. The Kier molecular flexibility index (Phi) is 4.29. The molecule has 2 saturated heterocycles. The summed E-state index contributed by atoms with van der Waals surface area (Å²) in [6.45, 7) is 3.54. The lowest BCUT2D eigenvalue weighted by atomic mass is 9.75.